The fourth-order valence-corrected chi connectivity index (χ4v) is 3.42. The largest absolute Gasteiger partial charge is 0.481 e. The predicted octanol–water partition coefficient (Wildman–Crippen LogP) is 1.48. The highest BCUT2D eigenvalue weighted by atomic mass is 16.4. The Balaban J connectivity index is 1.93. The van der Waals surface area contributed by atoms with Crippen molar-refractivity contribution in [3.05, 3.63) is 0 Å². The van der Waals surface area contributed by atoms with E-state index < -0.39 is 11.4 Å². The lowest BCUT2D eigenvalue weighted by atomic mass is 9.77. The van der Waals surface area contributed by atoms with E-state index in [0.717, 1.165) is 38.9 Å². The second-order valence-corrected chi connectivity index (χ2v) is 6.26. The lowest BCUT2D eigenvalue weighted by Gasteiger charge is -2.40. The zero-order chi connectivity index (χ0) is 14.6. The lowest BCUT2D eigenvalue weighted by Crippen LogP contribution is -2.50. The Morgan fingerprint density at radius 3 is 2.65 bits per heavy atom. The molecule has 2 rings (SSSR count). The molecule has 0 aromatic heterocycles. The molecule has 5 heteroatoms. The summed E-state index contributed by atoms with van der Waals surface area (Å²) in [6.07, 6.45) is 4.78. The van der Waals surface area contributed by atoms with Crippen LogP contribution in [0.5, 0.6) is 0 Å². The molecule has 2 heterocycles. The molecule has 2 fully saturated rings. The first-order chi connectivity index (χ1) is 9.57. The van der Waals surface area contributed by atoms with Crippen molar-refractivity contribution in [2.45, 2.75) is 45.4 Å². The van der Waals surface area contributed by atoms with Crippen molar-refractivity contribution in [2.24, 2.45) is 11.3 Å². The maximum atomic E-state index is 12.4. The van der Waals surface area contributed by atoms with Crippen LogP contribution < -0.4 is 5.32 Å². The van der Waals surface area contributed by atoms with Gasteiger partial charge in [0, 0.05) is 19.5 Å². The molecule has 0 bridgehead atoms. The molecular weight excluding hydrogens is 256 g/mol. The smallest absolute Gasteiger partial charge is 0.311 e. The second kappa shape index (κ2) is 6.57. The Hall–Kier alpha value is -1.10. The Morgan fingerprint density at radius 2 is 2.05 bits per heavy atom. The molecule has 1 unspecified atom stereocenters. The van der Waals surface area contributed by atoms with Gasteiger partial charge < -0.3 is 15.3 Å². The van der Waals surface area contributed by atoms with Crippen LogP contribution in [0.15, 0.2) is 0 Å². The van der Waals surface area contributed by atoms with E-state index in [1.54, 1.807) is 4.90 Å². The number of rotatable bonds is 4. The van der Waals surface area contributed by atoms with Crippen molar-refractivity contribution in [3.8, 4) is 0 Å². The number of carbonyl (C=O) groups is 2. The molecule has 1 atom stereocenters. The number of aliphatic carboxylic acids is 1. The maximum Gasteiger partial charge on any atom is 0.311 e. The van der Waals surface area contributed by atoms with Crippen molar-refractivity contribution in [2.75, 3.05) is 26.2 Å². The normalized spacial score (nSPS) is 28.4. The predicted molar refractivity (Wildman–Crippen MR) is 76.4 cm³/mol. The molecule has 2 aliphatic rings. The third kappa shape index (κ3) is 3.32. The van der Waals surface area contributed by atoms with E-state index >= 15 is 0 Å². The van der Waals surface area contributed by atoms with Gasteiger partial charge in [0.15, 0.2) is 0 Å². The summed E-state index contributed by atoms with van der Waals surface area (Å²) in [6, 6.07) is 0. The Kier molecular flexibility index (Phi) is 5.02. The van der Waals surface area contributed by atoms with Crippen LogP contribution in [0.25, 0.3) is 0 Å². The number of hydrogen-bond donors (Lipinski definition) is 2. The van der Waals surface area contributed by atoms with Crippen molar-refractivity contribution >= 4 is 11.9 Å². The molecule has 2 aliphatic heterocycles. The van der Waals surface area contributed by atoms with Crippen molar-refractivity contribution in [1.29, 1.82) is 0 Å². The second-order valence-electron chi connectivity index (χ2n) is 6.26. The van der Waals surface area contributed by atoms with Crippen LogP contribution in [0.1, 0.15) is 45.4 Å². The molecule has 2 N–H and O–H groups in total. The molecule has 0 aromatic carbocycles. The number of hydrogen-bond acceptors (Lipinski definition) is 3. The minimum absolute atomic E-state index is 0.149. The minimum atomic E-state index is -0.751. The Bertz CT molecular complexity index is 366. The Labute approximate surface area is 120 Å². The van der Waals surface area contributed by atoms with Crippen LogP contribution in [0, 0.1) is 11.3 Å². The number of nitrogens with one attached hydrogen (secondary N) is 1. The number of piperidine rings is 2. The fraction of sp³-hybridized carbons (Fsp3) is 0.867. The number of carbonyl (C=O) groups excluding carboxylic acids is 1. The number of carboxylic acids is 1. The van der Waals surface area contributed by atoms with Crippen molar-refractivity contribution in [1.82, 2.24) is 10.2 Å². The third-order valence-corrected chi connectivity index (χ3v) is 4.98. The monoisotopic (exact) mass is 282 g/mol. The van der Waals surface area contributed by atoms with Crippen LogP contribution in [0.3, 0.4) is 0 Å². The van der Waals surface area contributed by atoms with Crippen LogP contribution in [0.2, 0.25) is 0 Å². The van der Waals surface area contributed by atoms with Crippen molar-refractivity contribution < 1.29 is 14.7 Å². The average molecular weight is 282 g/mol. The summed E-state index contributed by atoms with van der Waals surface area (Å²) in [6.45, 7) is 5.01. The van der Waals surface area contributed by atoms with Gasteiger partial charge in [0.05, 0.1) is 5.41 Å². The van der Waals surface area contributed by atoms with Crippen molar-refractivity contribution in [3.63, 3.8) is 0 Å². The zero-order valence-electron chi connectivity index (χ0n) is 12.4. The maximum absolute atomic E-state index is 12.4. The fourth-order valence-electron chi connectivity index (χ4n) is 3.42. The molecule has 2 saturated heterocycles. The summed E-state index contributed by atoms with van der Waals surface area (Å²) in [5.74, 6) is -0.137. The molecule has 0 radical (unpaired) electrons. The van der Waals surface area contributed by atoms with Gasteiger partial charge >= 0.3 is 5.97 Å². The molecule has 0 spiro atoms. The van der Waals surface area contributed by atoms with Gasteiger partial charge in [-0.1, -0.05) is 6.92 Å². The highest BCUT2D eigenvalue weighted by Crippen LogP contribution is 2.34. The summed E-state index contributed by atoms with van der Waals surface area (Å²) in [5, 5.41) is 12.8. The molecule has 114 valence electrons. The molecule has 5 nitrogen and oxygen atoms in total. The molecule has 0 saturated carbocycles. The first kappa shape index (κ1) is 15.3. The van der Waals surface area contributed by atoms with E-state index in [1.165, 1.54) is 0 Å². The average Bonchev–Trinajstić information content (AvgIpc) is 2.48. The summed E-state index contributed by atoms with van der Waals surface area (Å²) >= 11 is 0. The van der Waals surface area contributed by atoms with E-state index in [1.807, 2.05) is 6.92 Å². The van der Waals surface area contributed by atoms with Gasteiger partial charge in [-0.25, -0.2) is 0 Å². The third-order valence-electron chi connectivity index (χ3n) is 4.98. The van der Waals surface area contributed by atoms with E-state index in [4.69, 9.17) is 0 Å². The number of amides is 1. The van der Waals surface area contributed by atoms with E-state index in [-0.39, 0.29) is 5.91 Å². The van der Waals surface area contributed by atoms with E-state index in [9.17, 15) is 14.7 Å². The van der Waals surface area contributed by atoms with Gasteiger partial charge in [-0.15, -0.1) is 0 Å². The first-order valence-electron chi connectivity index (χ1n) is 7.79. The lowest BCUT2D eigenvalue weighted by molar-refractivity contribution is -0.155. The number of likely N-dealkylation sites (tertiary alicyclic amines) is 1. The quantitative estimate of drug-likeness (QED) is 0.819. The van der Waals surface area contributed by atoms with Gasteiger partial charge in [0.25, 0.3) is 0 Å². The highest BCUT2D eigenvalue weighted by Gasteiger charge is 2.42. The van der Waals surface area contributed by atoms with Gasteiger partial charge in [-0.2, -0.15) is 0 Å². The molecule has 1 amide bonds. The van der Waals surface area contributed by atoms with Gasteiger partial charge in [0.1, 0.15) is 0 Å². The van der Waals surface area contributed by atoms with E-state index in [0.29, 0.717) is 31.7 Å². The molecule has 0 aliphatic carbocycles. The van der Waals surface area contributed by atoms with Crippen LogP contribution in [-0.4, -0.2) is 48.1 Å². The van der Waals surface area contributed by atoms with Gasteiger partial charge in [0.2, 0.25) is 5.91 Å². The molecule has 0 aromatic rings. The minimum Gasteiger partial charge on any atom is -0.481 e. The van der Waals surface area contributed by atoms with Crippen LogP contribution >= 0.6 is 0 Å². The summed E-state index contributed by atoms with van der Waals surface area (Å²) in [4.78, 5) is 25.7. The zero-order valence-corrected chi connectivity index (χ0v) is 12.4. The van der Waals surface area contributed by atoms with E-state index in [2.05, 4.69) is 5.32 Å². The first-order valence-corrected chi connectivity index (χ1v) is 7.79. The van der Waals surface area contributed by atoms with Crippen LogP contribution in [-0.2, 0) is 9.59 Å². The Morgan fingerprint density at radius 1 is 1.35 bits per heavy atom. The summed E-state index contributed by atoms with van der Waals surface area (Å²) in [7, 11) is 0. The summed E-state index contributed by atoms with van der Waals surface area (Å²) < 4.78 is 0. The molecular formula is C15H26N2O3. The SMILES string of the molecule is CCC1(C(=O)O)CCCN(C(=O)CC2CCNCC2)C1. The number of carboxylic acid groups (broad SMARTS) is 1. The topological polar surface area (TPSA) is 69.6 Å². The highest BCUT2D eigenvalue weighted by molar-refractivity contribution is 5.79. The molecule has 20 heavy (non-hydrogen) atoms. The number of nitrogens with zero attached hydrogens (tertiary/aromatic N) is 1. The van der Waals surface area contributed by atoms with Gasteiger partial charge in [-0.05, 0) is 51.1 Å². The van der Waals surface area contributed by atoms with Gasteiger partial charge in [-0.3, -0.25) is 9.59 Å². The summed E-state index contributed by atoms with van der Waals surface area (Å²) in [5.41, 5.74) is -0.720. The van der Waals surface area contributed by atoms with Crippen LogP contribution in [0.4, 0.5) is 0 Å². The standard InChI is InChI=1S/C15H26N2O3/c1-2-15(14(19)20)6-3-9-17(11-15)13(18)10-12-4-7-16-8-5-12/h12,16H,2-11H2,1H3,(H,19,20).